The number of carboxylic acid groups (broad SMARTS) is 1. The monoisotopic (exact) mass is 292 g/mol. The highest BCUT2D eigenvalue weighted by Gasteiger charge is 2.24. The van der Waals surface area contributed by atoms with Crippen molar-refractivity contribution in [2.24, 2.45) is 0 Å². The maximum atomic E-state index is 11.5. The largest absolute Gasteiger partial charge is 0.486 e. The second-order valence-electron chi connectivity index (χ2n) is 4.92. The summed E-state index contributed by atoms with van der Waals surface area (Å²) in [7, 11) is 0. The van der Waals surface area contributed by atoms with Crippen molar-refractivity contribution < 1.29 is 14.6 Å². The molecule has 0 unspecified atom stereocenters. The van der Waals surface area contributed by atoms with Gasteiger partial charge in [-0.1, -0.05) is 6.07 Å². The van der Waals surface area contributed by atoms with Crippen LogP contribution in [0.15, 0.2) is 23.7 Å². The van der Waals surface area contributed by atoms with Crippen molar-refractivity contribution in [2.75, 3.05) is 0 Å². The lowest BCUT2D eigenvalue weighted by Gasteiger charge is -2.12. The molecular formula is C14H16N2O3S. The molecule has 0 amide bonds. The van der Waals surface area contributed by atoms with Crippen LogP contribution in [-0.2, 0) is 6.54 Å². The summed E-state index contributed by atoms with van der Waals surface area (Å²) in [5, 5.41) is 15.5. The first kappa shape index (κ1) is 13.2. The molecule has 0 aromatic carbocycles. The summed E-state index contributed by atoms with van der Waals surface area (Å²) in [6.07, 6.45) is 5.94. The normalized spacial score (nSPS) is 15.6. The van der Waals surface area contributed by atoms with E-state index in [2.05, 4.69) is 5.10 Å². The van der Waals surface area contributed by atoms with Crippen molar-refractivity contribution >= 4 is 17.3 Å². The Morgan fingerprint density at radius 1 is 1.50 bits per heavy atom. The molecule has 0 atom stereocenters. The van der Waals surface area contributed by atoms with E-state index in [4.69, 9.17) is 4.74 Å². The van der Waals surface area contributed by atoms with E-state index in [0.717, 1.165) is 30.6 Å². The van der Waals surface area contributed by atoms with Crippen molar-refractivity contribution in [1.29, 1.82) is 0 Å². The number of nitrogens with zero attached hydrogens (tertiary/aromatic N) is 2. The third-order valence-corrected chi connectivity index (χ3v) is 4.35. The number of thiophene rings is 1. The third-order valence-electron chi connectivity index (χ3n) is 3.49. The fourth-order valence-electron chi connectivity index (χ4n) is 2.53. The van der Waals surface area contributed by atoms with Crippen molar-refractivity contribution in [1.82, 2.24) is 9.78 Å². The minimum atomic E-state index is -0.993. The Hall–Kier alpha value is -1.82. The zero-order chi connectivity index (χ0) is 13.9. The Balaban J connectivity index is 1.83. The first-order valence-electron chi connectivity index (χ1n) is 6.72. The average molecular weight is 292 g/mol. The van der Waals surface area contributed by atoms with E-state index in [9.17, 15) is 9.90 Å². The summed E-state index contributed by atoms with van der Waals surface area (Å²) in [5.74, 6) is -0.604. The predicted molar refractivity (Wildman–Crippen MR) is 75.5 cm³/mol. The van der Waals surface area contributed by atoms with Gasteiger partial charge in [0.15, 0.2) is 11.4 Å². The summed E-state index contributed by atoms with van der Waals surface area (Å²) in [6.45, 7) is 0.466. The molecule has 1 aliphatic carbocycles. The SMILES string of the molecule is O=C(O)c1c(OC2CCCC2)cnn1Cc1cccs1. The second-order valence-corrected chi connectivity index (χ2v) is 5.96. The minimum absolute atomic E-state index is 0.132. The van der Waals surface area contributed by atoms with Gasteiger partial charge in [0.25, 0.3) is 0 Å². The van der Waals surface area contributed by atoms with E-state index >= 15 is 0 Å². The Labute approximate surface area is 120 Å². The van der Waals surface area contributed by atoms with Crippen molar-refractivity contribution in [3.8, 4) is 5.75 Å². The van der Waals surface area contributed by atoms with Gasteiger partial charge in [0.1, 0.15) is 0 Å². The summed E-state index contributed by atoms with van der Waals surface area (Å²) >= 11 is 1.59. The van der Waals surface area contributed by atoms with Gasteiger partial charge in [-0.25, -0.2) is 9.48 Å². The van der Waals surface area contributed by atoms with Gasteiger partial charge in [-0.3, -0.25) is 0 Å². The molecule has 1 fully saturated rings. The number of carbonyl (C=O) groups is 1. The van der Waals surface area contributed by atoms with Gasteiger partial charge < -0.3 is 9.84 Å². The molecule has 2 aromatic rings. The lowest BCUT2D eigenvalue weighted by Crippen LogP contribution is -2.15. The molecule has 20 heavy (non-hydrogen) atoms. The van der Waals surface area contributed by atoms with Gasteiger partial charge in [-0.15, -0.1) is 11.3 Å². The maximum absolute atomic E-state index is 11.5. The molecule has 1 aliphatic rings. The molecule has 6 heteroatoms. The summed E-state index contributed by atoms with van der Waals surface area (Å²) < 4.78 is 7.31. The van der Waals surface area contributed by atoms with Gasteiger partial charge in [0.2, 0.25) is 0 Å². The molecule has 0 saturated heterocycles. The van der Waals surface area contributed by atoms with Crippen molar-refractivity contribution in [2.45, 2.75) is 38.3 Å². The van der Waals surface area contributed by atoms with Crippen LogP contribution in [0.25, 0.3) is 0 Å². The molecule has 0 spiro atoms. The molecular weight excluding hydrogens is 276 g/mol. The van der Waals surface area contributed by atoms with Crippen LogP contribution in [0.4, 0.5) is 0 Å². The first-order valence-corrected chi connectivity index (χ1v) is 7.60. The topological polar surface area (TPSA) is 64.3 Å². The highest BCUT2D eigenvalue weighted by atomic mass is 32.1. The molecule has 0 radical (unpaired) electrons. The van der Waals surface area contributed by atoms with E-state index < -0.39 is 5.97 Å². The van der Waals surface area contributed by atoms with Crippen LogP contribution in [0.5, 0.6) is 5.75 Å². The Morgan fingerprint density at radius 2 is 2.30 bits per heavy atom. The number of hydrogen-bond acceptors (Lipinski definition) is 4. The predicted octanol–water partition coefficient (Wildman–Crippen LogP) is 3.01. The smallest absolute Gasteiger partial charge is 0.358 e. The van der Waals surface area contributed by atoms with Crippen LogP contribution >= 0.6 is 11.3 Å². The fraction of sp³-hybridized carbons (Fsp3) is 0.429. The van der Waals surface area contributed by atoms with Gasteiger partial charge in [-0.2, -0.15) is 5.10 Å². The Morgan fingerprint density at radius 3 is 2.95 bits per heavy atom. The van der Waals surface area contributed by atoms with Gasteiger partial charge in [0, 0.05) is 4.88 Å². The summed E-state index contributed by atoms with van der Waals surface area (Å²) in [6, 6.07) is 3.91. The van der Waals surface area contributed by atoms with E-state index in [1.54, 1.807) is 11.3 Å². The zero-order valence-electron chi connectivity index (χ0n) is 11.0. The van der Waals surface area contributed by atoms with Crippen LogP contribution in [0, 0.1) is 0 Å². The lowest BCUT2D eigenvalue weighted by molar-refractivity contribution is 0.0676. The highest BCUT2D eigenvalue weighted by Crippen LogP contribution is 2.27. The second kappa shape index (κ2) is 5.66. The lowest BCUT2D eigenvalue weighted by atomic mass is 10.3. The quantitative estimate of drug-likeness (QED) is 0.920. The van der Waals surface area contributed by atoms with Gasteiger partial charge in [0.05, 0.1) is 18.8 Å². The van der Waals surface area contributed by atoms with Crippen LogP contribution < -0.4 is 4.74 Å². The van der Waals surface area contributed by atoms with E-state index in [0.29, 0.717) is 12.3 Å². The number of hydrogen-bond donors (Lipinski definition) is 1. The van der Waals surface area contributed by atoms with Crippen LogP contribution in [-0.4, -0.2) is 27.0 Å². The van der Waals surface area contributed by atoms with E-state index in [1.807, 2.05) is 17.5 Å². The molecule has 2 heterocycles. The van der Waals surface area contributed by atoms with Crippen molar-refractivity contribution in [3.63, 3.8) is 0 Å². The van der Waals surface area contributed by atoms with Crippen LogP contribution in [0.1, 0.15) is 41.0 Å². The molecule has 2 aromatic heterocycles. The van der Waals surface area contributed by atoms with Gasteiger partial charge in [-0.05, 0) is 37.1 Å². The number of rotatable bonds is 5. The minimum Gasteiger partial charge on any atom is -0.486 e. The molecule has 3 rings (SSSR count). The number of aromatic nitrogens is 2. The third kappa shape index (κ3) is 2.70. The maximum Gasteiger partial charge on any atom is 0.358 e. The number of aromatic carboxylic acids is 1. The fourth-order valence-corrected chi connectivity index (χ4v) is 3.21. The molecule has 106 valence electrons. The standard InChI is InChI=1S/C14H16N2O3S/c17-14(18)13-12(19-10-4-1-2-5-10)8-15-16(13)9-11-6-3-7-20-11/h3,6-8,10H,1-2,4-5,9H2,(H,17,18). The average Bonchev–Trinajstić information content (AvgIpc) is 3.12. The number of carboxylic acids is 1. The molecule has 0 bridgehead atoms. The molecule has 5 nitrogen and oxygen atoms in total. The Bertz CT molecular complexity index is 586. The zero-order valence-corrected chi connectivity index (χ0v) is 11.8. The Kier molecular flexibility index (Phi) is 3.73. The molecule has 0 aliphatic heterocycles. The van der Waals surface area contributed by atoms with Crippen molar-refractivity contribution in [3.05, 3.63) is 34.3 Å². The van der Waals surface area contributed by atoms with Gasteiger partial charge >= 0.3 is 5.97 Å². The van der Waals surface area contributed by atoms with E-state index in [1.165, 1.54) is 10.9 Å². The molecule has 1 saturated carbocycles. The first-order chi connectivity index (χ1) is 9.74. The summed E-state index contributed by atoms with van der Waals surface area (Å²) in [4.78, 5) is 12.5. The highest BCUT2D eigenvalue weighted by molar-refractivity contribution is 7.09. The number of ether oxygens (including phenoxy) is 1. The van der Waals surface area contributed by atoms with Crippen LogP contribution in [0.3, 0.4) is 0 Å². The van der Waals surface area contributed by atoms with E-state index in [-0.39, 0.29) is 11.8 Å². The van der Waals surface area contributed by atoms with Crippen LogP contribution in [0.2, 0.25) is 0 Å². The summed E-state index contributed by atoms with van der Waals surface area (Å²) in [5.41, 5.74) is 0.144. The molecule has 1 N–H and O–H groups in total.